The lowest BCUT2D eigenvalue weighted by Crippen LogP contribution is -2.56. The summed E-state index contributed by atoms with van der Waals surface area (Å²) in [6, 6.07) is 0. The lowest BCUT2D eigenvalue weighted by Gasteiger charge is -2.62. The molecule has 4 heteroatoms. The number of amides is 1. The number of aliphatic hydroxyl groups is 1. The Morgan fingerprint density at radius 2 is 1.69 bits per heavy atom. The van der Waals surface area contributed by atoms with E-state index in [9.17, 15) is 9.90 Å². The van der Waals surface area contributed by atoms with E-state index in [0.717, 1.165) is 38.8 Å². The number of unbranched alkanes of at least 4 members (excludes halogenated alkanes) is 6. The number of hydrogen-bond donors (Lipinski definition) is 2. The van der Waals surface area contributed by atoms with Crippen LogP contribution in [0.25, 0.3) is 0 Å². The SMILES string of the molecule is COCCCCCCCCCNC(=O)CCC1=C(C)CC[C@H]2C1CCC1C(C)(C)C(O)CC[C@@]12C. The molecule has 5 atom stereocenters. The van der Waals surface area contributed by atoms with Crippen molar-refractivity contribution in [3.05, 3.63) is 11.1 Å². The lowest BCUT2D eigenvalue weighted by molar-refractivity contribution is -0.149. The van der Waals surface area contributed by atoms with Crippen molar-refractivity contribution in [2.45, 2.75) is 130 Å². The topological polar surface area (TPSA) is 58.6 Å². The third-order valence-electron chi connectivity index (χ3n) is 10.4. The summed E-state index contributed by atoms with van der Waals surface area (Å²) in [5, 5.41) is 13.9. The Morgan fingerprint density at radius 1 is 1.00 bits per heavy atom. The molecule has 0 aromatic heterocycles. The minimum absolute atomic E-state index is 0.0121. The summed E-state index contributed by atoms with van der Waals surface area (Å²) >= 11 is 0. The van der Waals surface area contributed by atoms with Gasteiger partial charge in [-0.05, 0) is 93.3 Å². The molecular formula is C31H55NO3. The van der Waals surface area contributed by atoms with Crippen LogP contribution in [0.2, 0.25) is 0 Å². The first kappa shape index (κ1) is 28.7. The second-order valence-corrected chi connectivity index (χ2v) is 12.9. The van der Waals surface area contributed by atoms with Gasteiger partial charge in [-0.25, -0.2) is 0 Å². The first-order valence-electron chi connectivity index (χ1n) is 14.8. The van der Waals surface area contributed by atoms with Crippen LogP contribution in [-0.2, 0) is 9.53 Å². The molecule has 0 aromatic carbocycles. The third-order valence-corrected chi connectivity index (χ3v) is 10.4. The largest absolute Gasteiger partial charge is 0.393 e. The summed E-state index contributed by atoms with van der Waals surface area (Å²) in [6.07, 6.45) is 17.0. The number of methoxy groups -OCH3 is 1. The molecule has 2 fully saturated rings. The molecule has 0 bridgehead atoms. The Morgan fingerprint density at radius 3 is 2.40 bits per heavy atom. The van der Waals surface area contributed by atoms with E-state index in [4.69, 9.17) is 4.74 Å². The van der Waals surface area contributed by atoms with E-state index in [0.29, 0.717) is 29.6 Å². The molecule has 0 aromatic rings. The molecular weight excluding hydrogens is 434 g/mol. The number of fused-ring (bicyclic) bond motifs is 3. The molecule has 0 saturated heterocycles. The number of ether oxygens (including phenoxy) is 1. The van der Waals surface area contributed by atoms with Gasteiger partial charge in [0.1, 0.15) is 0 Å². The predicted octanol–water partition coefficient (Wildman–Crippen LogP) is 7.20. The van der Waals surface area contributed by atoms with Gasteiger partial charge in [-0.15, -0.1) is 0 Å². The Bertz CT molecular complexity index is 714. The predicted molar refractivity (Wildman–Crippen MR) is 145 cm³/mol. The summed E-state index contributed by atoms with van der Waals surface area (Å²) in [4.78, 5) is 12.6. The monoisotopic (exact) mass is 489 g/mol. The van der Waals surface area contributed by atoms with Gasteiger partial charge in [-0.3, -0.25) is 4.79 Å². The average Bonchev–Trinajstić information content (AvgIpc) is 2.82. The number of carbonyl (C=O) groups is 1. The molecule has 1 amide bonds. The van der Waals surface area contributed by atoms with Crippen molar-refractivity contribution in [2.24, 2.45) is 28.6 Å². The highest BCUT2D eigenvalue weighted by Gasteiger charge is 2.58. The van der Waals surface area contributed by atoms with Crippen molar-refractivity contribution in [2.75, 3.05) is 20.3 Å². The van der Waals surface area contributed by atoms with E-state index in [2.05, 4.69) is 33.0 Å². The first-order valence-corrected chi connectivity index (χ1v) is 14.8. The van der Waals surface area contributed by atoms with Crippen molar-refractivity contribution >= 4 is 5.91 Å². The summed E-state index contributed by atoms with van der Waals surface area (Å²) in [5.41, 5.74) is 3.50. The Labute approximate surface area is 216 Å². The maximum absolute atomic E-state index is 12.6. The summed E-state index contributed by atoms with van der Waals surface area (Å²) in [7, 11) is 1.77. The number of nitrogens with one attached hydrogen (secondary N) is 1. The second kappa shape index (κ2) is 13.1. The zero-order valence-corrected chi connectivity index (χ0v) is 23.6. The molecule has 3 aliphatic rings. The lowest BCUT2D eigenvalue weighted by atomic mass is 9.43. The zero-order valence-electron chi connectivity index (χ0n) is 23.6. The number of rotatable bonds is 13. The normalized spacial score (nSPS) is 32.2. The van der Waals surface area contributed by atoms with E-state index in [1.807, 2.05) is 0 Å². The van der Waals surface area contributed by atoms with Crippen molar-refractivity contribution in [1.82, 2.24) is 5.32 Å². The highest BCUT2D eigenvalue weighted by Crippen LogP contribution is 2.64. The molecule has 4 nitrogen and oxygen atoms in total. The average molecular weight is 490 g/mol. The van der Waals surface area contributed by atoms with Crippen LogP contribution in [0.15, 0.2) is 11.1 Å². The van der Waals surface area contributed by atoms with E-state index in [1.165, 1.54) is 64.2 Å². The molecule has 3 rings (SSSR count). The zero-order chi connectivity index (χ0) is 25.5. The minimum atomic E-state index is -0.165. The van der Waals surface area contributed by atoms with Crippen LogP contribution in [0.3, 0.4) is 0 Å². The van der Waals surface area contributed by atoms with Gasteiger partial charge in [0.15, 0.2) is 0 Å². The van der Waals surface area contributed by atoms with Crippen molar-refractivity contribution in [3.63, 3.8) is 0 Å². The van der Waals surface area contributed by atoms with Crippen LogP contribution in [-0.4, -0.2) is 37.4 Å². The highest BCUT2D eigenvalue weighted by molar-refractivity contribution is 5.76. The van der Waals surface area contributed by atoms with E-state index in [1.54, 1.807) is 18.3 Å². The standard InChI is InChI=1S/C31H55NO3/c1-23-13-16-26-25(14-17-27-30(2,3)28(33)19-20-31(26,27)4)24(23)15-18-29(34)32-21-11-9-7-6-8-10-12-22-35-5/h25-28,33H,6-22H2,1-5H3,(H,32,34)/t25?,26-,27?,28?,31+/m0/s1. The molecule has 0 heterocycles. The maximum Gasteiger partial charge on any atom is 0.220 e. The van der Waals surface area contributed by atoms with Crippen LogP contribution in [0, 0.1) is 28.6 Å². The molecule has 0 spiro atoms. The Hall–Kier alpha value is -0.870. The van der Waals surface area contributed by atoms with E-state index in [-0.39, 0.29) is 17.4 Å². The minimum Gasteiger partial charge on any atom is -0.393 e. The number of allylic oxidation sites excluding steroid dienone is 2. The maximum atomic E-state index is 12.6. The molecule has 2 saturated carbocycles. The van der Waals surface area contributed by atoms with Gasteiger partial charge >= 0.3 is 0 Å². The van der Waals surface area contributed by atoms with Crippen LogP contribution >= 0.6 is 0 Å². The Kier molecular flexibility index (Phi) is 10.7. The van der Waals surface area contributed by atoms with Crippen LogP contribution < -0.4 is 5.32 Å². The van der Waals surface area contributed by atoms with Gasteiger partial charge in [-0.1, -0.05) is 64.0 Å². The summed E-state index contributed by atoms with van der Waals surface area (Å²) < 4.78 is 5.10. The first-order chi connectivity index (χ1) is 16.7. The molecule has 35 heavy (non-hydrogen) atoms. The van der Waals surface area contributed by atoms with Crippen molar-refractivity contribution < 1.29 is 14.6 Å². The second-order valence-electron chi connectivity index (χ2n) is 12.9. The summed E-state index contributed by atoms with van der Waals surface area (Å²) in [6.45, 7) is 11.2. The van der Waals surface area contributed by atoms with Gasteiger partial charge < -0.3 is 15.2 Å². The number of carbonyl (C=O) groups excluding carboxylic acids is 1. The fourth-order valence-corrected chi connectivity index (χ4v) is 8.24. The van der Waals surface area contributed by atoms with Gasteiger partial charge in [0, 0.05) is 26.7 Å². The van der Waals surface area contributed by atoms with Crippen LogP contribution in [0.1, 0.15) is 124 Å². The van der Waals surface area contributed by atoms with Gasteiger partial charge in [0.05, 0.1) is 6.10 Å². The molecule has 202 valence electrons. The molecule has 2 N–H and O–H groups in total. The number of hydrogen-bond acceptors (Lipinski definition) is 3. The smallest absolute Gasteiger partial charge is 0.220 e. The molecule has 3 unspecified atom stereocenters. The number of aliphatic hydroxyl groups excluding tert-OH is 1. The van der Waals surface area contributed by atoms with E-state index < -0.39 is 0 Å². The fraction of sp³-hybridized carbons (Fsp3) is 0.903. The third kappa shape index (κ3) is 6.92. The van der Waals surface area contributed by atoms with Crippen LogP contribution in [0.4, 0.5) is 0 Å². The van der Waals surface area contributed by atoms with Gasteiger partial charge in [0.25, 0.3) is 0 Å². The van der Waals surface area contributed by atoms with Gasteiger partial charge in [-0.2, -0.15) is 0 Å². The van der Waals surface area contributed by atoms with E-state index >= 15 is 0 Å². The summed E-state index contributed by atoms with van der Waals surface area (Å²) in [5.74, 6) is 2.19. The van der Waals surface area contributed by atoms with Crippen molar-refractivity contribution in [1.29, 1.82) is 0 Å². The molecule has 0 aliphatic heterocycles. The van der Waals surface area contributed by atoms with Crippen molar-refractivity contribution in [3.8, 4) is 0 Å². The molecule has 3 aliphatic carbocycles. The fourth-order valence-electron chi connectivity index (χ4n) is 8.24. The molecule has 0 radical (unpaired) electrons. The Balaban J connectivity index is 1.42. The van der Waals surface area contributed by atoms with Crippen LogP contribution in [0.5, 0.6) is 0 Å². The highest BCUT2D eigenvalue weighted by atomic mass is 16.5. The van der Waals surface area contributed by atoms with Gasteiger partial charge in [0.2, 0.25) is 5.91 Å². The quantitative estimate of drug-likeness (QED) is 0.212.